The van der Waals surface area contributed by atoms with Crippen LogP contribution in [0.5, 0.6) is 5.75 Å². The number of anilines is 1. The lowest BCUT2D eigenvalue weighted by Gasteiger charge is -2.22. The number of rotatable bonds is 6. The molecular formula is C21H24N4OS. The third-order valence-electron chi connectivity index (χ3n) is 4.49. The van der Waals surface area contributed by atoms with Gasteiger partial charge >= 0.3 is 0 Å². The van der Waals surface area contributed by atoms with E-state index >= 15 is 0 Å². The van der Waals surface area contributed by atoms with Crippen LogP contribution in [0.4, 0.5) is 5.82 Å². The zero-order valence-electron chi connectivity index (χ0n) is 16.4. The summed E-state index contributed by atoms with van der Waals surface area (Å²) >= 11 is 1.68. The summed E-state index contributed by atoms with van der Waals surface area (Å²) in [5, 5.41) is 0. The van der Waals surface area contributed by atoms with E-state index in [9.17, 15) is 0 Å². The van der Waals surface area contributed by atoms with Crippen LogP contribution in [0, 0.1) is 13.8 Å². The van der Waals surface area contributed by atoms with Crippen LogP contribution in [0.3, 0.4) is 0 Å². The van der Waals surface area contributed by atoms with Gasteiger partial charge in [-0.3, -0.25) is 4.98 Å². The largest absolute Gasteiger partial charge is 0.496 e. The summed E-state index contributed by atoms with van der Waals surface area (Å²) < 4.78 is 5.51. The van der Waals surface area contributed by atoms with Crippen molar-refractivity contribution < 1.29 is 4.74 Å². The van der Waals surface area contributed by atoms with Gasteiger partial charge in [-0.15, -0.1) is 11.8 Å². The molecule has 0 unspecified atom stereocenters. The van der Waals surface area contributed by atoms with E-state index in [1.54, 1.807) is 25.1 Å². The molecule has 3 aromatic rings. The van der Waals surface area contributed by atoms with Gasteiger partial charge in [0.2, 0.25) is 0 Å². The Kier molecular flexibility index (Phi) is 5.96. The first kappa shape index (κ1) is 19.2. The molecule has 0 spiro atoms. The Balaban J connectivity index is 1.92. The summed E-state index contributed by atoms with van der Waals surface area (Å²) in [4.78, 5) is 17.1. The van der Waals surface area contributed by atoms with Crippen LogP contribution in [0.1, 0.15) is 16.8 Å². The highest BCUT2D eigenvalue weighted by molar-refractivity contribution is 7.98. The molecule has 140 valence electrons. The molecule has 0 aliphatic rings. The summed E-state index contributed by atoms with van der Waals surface area (Å²) in [6.07, 6.45) is 3.81. The minimum atomic E-state index is 0.649. The van der Waals surface area contributed by atoms with E-state index in [1.807, 2.05) is 32.2 Å². The Bertz CT molecular complexity index is 931. The van der Waals surface area contributed by atoms with E-state index in [0.717, 1.165) is 40.0 Å². The van der Waals surface area contributed by atoms with Crippen molar-refractivity contribution in [3.8, 4) is 17.3 Å². The molecule has 0 aliphatic heterocycles. The van der Waals surface area contributed by atoms with Gasteiger partial charge in [0, 0.05) is 35.9 Å². The molecule has 27 heavy (non-hydrogen) atoms. The topological polar surface area (TPSA) is 51.1 Å². The Hall–Kier alpha value is -2.60. The van der Waals surface area contributed by atoms with Gasteiger partial charge < -0.3 is 9.64 Å². The lowest BCUT2D eigenvalue weighted by Crippen LogP contribution is -2.20. The van der Waals surface area contributed by atoms with E-state index in [1.165, 1.54) is 5.56 Å². The monoisotopic (exact) mass is 380 g/mol. The van der Waals surface area contributed by atoms with E-state index in [0.29, 0.717) is 5.82 Å². The van der Waals surface area contributed by atoms with E-state index in [2.05, 4.69) is 46.2 Å². The highest BCUT2D eigenvalue weighted by Crippen LogP contribution is 2.30. The number of thioether (sulfide) groups is 1. The summed E-state index contributed by atoms with van der Waals surface area (Å²) in [5.74, 6) is 2.46. The molecule has 2 aromatic heterocycles. The summed E-state index contributed by atoms with van der Waals surface area (Å²) in [6, 6.07) is 12.1. The molecule has 0 aliphatic carbocycles. The normalized spacial score (nSPS) is 10.7. The van der Waals surface area contributed by atoms with Gasteiger partial charge in [-0.2, -0.15) is 0 Å². The van der Waals surface area contributed by atoms with Crippen LogP contribution in [-0.2, 0) is 6.54 Å². The predicted octanol–water partition coefficient (Wildman–Crippen LogP) is 4.52. The molecular weight excluding hydrogens is 356 g/mol. The van der Waals surface area contributed by atoms with Crippen LogP contribution < -0.4 is 9.64 Å². The zero-order chi connectivity index (χ0) is 19.4. The van der Waals surface area contributed by atoms with Crippen LogP contribution in [0.15, 0.2) is 47.5 Å². The molecule has 2 heterocycles. The fraction of sp³-hybridized carbons (Fsp3) is 0.286. The van der Waals surface area contributed by atoms with Crippen LogP contribution in [-0.4, -0.2) is 35.4 Å². The van der Waals surface area contributed by atoms with E-state index < -0.39 is 0 Å². The molecule has 3 rings (SSSR count). The van der Waals surface area contributed by atoms with Crippen LogP contribution in [0.2, 0.25) is 0 Å². The van der Waals surface area contributed by atoms with Gasteiger partial charge in [-0.25, -0.2) is 9.97 Å². The third kappa shape index (κ3) is 4.22. The first-order valence-electron chi connectivity index (χ1n) is 8.72. The molecule has 0 fully saturated rings. The minimum absolute atomic E-state index is 0.649. The van der Waals surface area contributed by atoms with Crippen LogP contribution in [0.25, 0.3) is 11.5 Å². The maximum absolute atomic E-state index is 5.51. The molecule has 0 atom stereocenters. The smallest absolute Gasteiger partial charge is 0.180 e. The number of hydrogen-bond acceptors (Lipinski definition) is 6. The average molecular weight is 381 g/mol. The van der Waals surface area contributed by atoms with Crippen molar-refractivity contribution in [1.29, 1.82) is 0 Å². The van der Waals surface area contributed by atoms with Crippen molar-refractivity contribution in [3.05, 3.63) is 59.4 Å². The Morgan fingerprint density at radius 1 is 1.11 bits per heavy atom. The quantitative estimate of drug-likeness (QED) is 0.586. The Morgan fingerprint density at radius 2 is 1.93 bits per heavy atom. The van der Waals surface area contributed by atoms with Gasteiger partial charge in [0.15, 0.2) is 5.82 Å². The fourth-order valence-corrected chi connectivity index (χ4v) is 3.47. The number of methoxy groups -OCH3 is 1. The summed E-state index contributed by atoms with van der Waals surface area (Å²) in [6.45, 7) is 4.79. The third-order valence-corrected chi connectivity index (χ3v) is 5.26. The lowest BCUT2D eigenvalue weighted by atomic mass is 10.1. The molecule has 5 nitrogen and oxygen atoms in total. The number of nitrogens with zero attached hydrogens (tertiary/aromatic N) is 4. The van der Waals surface area contributed by atoms with Crippen molar-refractivity contribution in [2.24, 2.45) is 0 Å². The van der Waals surface area contributed by atoms with Crippen molar-refractivity contribution in [3.63, 3.8) is 0 Å². The molecule has 0 radical (unpaired) electrons. The molecule has 0 N–H and O–H groups in total. The molecule has 0 amide bonds. The standard InChI is InChI=1S/C21H24N4OS/c1-14-15(2)23-20(17-8-6-7-11-22-17)24-21(14)25(3)13-16-9-10-19(27-5)18(12-16)26-4/h6-12H,13H2,1-5H3. The summed E-state index contributed by atoms with van der Waals surface area (Å²) in [5.41, 5.74) is 3.98. The second kappa shape index (κ2) is 8.39. The molecule has 0 bridgehead atoms. The predicted molar refractivity (Wildman–Crippen MR) is 112 cm³/mol. The second-order valence-corrected chi connectivity index (χ2v) is 7.19. The van der Waals surface area contributed by atoms with Crippen molar-refractivity contribution in [1.82, 2.24) is 15.0 Å². The highest BCUT2D eigenvalue weighted by atomic mass is 32.2. The molecule has 0 saturated heterocycles. The van der Waals surface area contributed by atoms with E-state index in [4.69, 9.17) is 9.72 Å². The number of ether oxygens (including phenoxy) is 1. The van der Waals surface area contributed by atoms with Gasteiger partial charge in [0.05, 0.1) is 7.11 Å². The van der Waals surface area contributed by atoms with Crippen molar-refractivity contribution in [2.45, 2.75) is 25.3 Å². The second-order valence-electron chi connectivity index (χ2n) is 6.34. The molecule has 0 saturated carbocycles. The van der Waals surface area contributed by atoms with E-state index in [-0.39, 0.29) is 0 Å². The Labute approximate surface area is 164 Å². The van der Waals surface area contributed by atoms with Crippen molar-refractivity contribution in [2.75, 3.05) is 25.3 Å². The zero-order valence-corrected chi connectivity index (χ0v) is 17.2. The first-order valence-corrected chi connectivity index (χ1v) is 9.94. The lowest BCUT2D eigenvalue weighted by molar-refractivity contribution is 0.404. The maximum atomic E-state index is 5.51. The highest BCUT2D eigenvalue weighted by Gasteiger charge is 2.15. The summed E-state index contributed by atoms with van der Waals surface area (Å²) in [7, 11) is 3.76. The number of benzene rings is 1. The number of aryl methyl sites for hydroxylation is 1. The number of aromatic nitrogens is 3. The Morgan fingerprint density at radius 3 is 2.59 bits per heavy atom. The van der Waals surface area contributed by atoms with Gasteiger partial charge in [-0.05, 0) is 49.9 Å². The fourth-order valence-electron chi connectivity index (χ4n) is 2.92. The number of pyridine rings is 1. The van der Waals surface area contributed by atoms with Gasteiger partial charge in [0.25, 0.3) is 0 Å². The van der Waals surface area contributed by atoms with Crippen molar-refractivity contribution >= 4 is 17.6 Å². The number of hydrogen-bond donors (Lipinski definition) is 0. The van der Waals surface area contributed by atoms with Crippen LogP contribution >= 0.6 is 11.8 Å². The molecule has 1 aromatic carbocycles. The van der Waals surface area contributed by atoms with Gasteiger partial charge in [0.1, 0.15) is 17.3 Å². The molecule has 6 heteroatoms. The SMILES string of the molecule is COc1cc(CN(C)c2nc(-c3ccccn3)nc(C)c2C)ccc1SC. The maximum Gasteiger partial charge on any atom is 0.180 e. The first-order chi connectivity index (χ1) is 13.0. The average Bonchev–Trinajstić information content (AvgIpc) is 2.70. The van der Waals surface area contributed by atoms with Gasteiger partial charge in [-0.1, -0.05) is 12.1 Å². The minimum Gasteiger partial charge on any atom is -0.496 e.